The van der Waals surface area contributed by atoms with E-state index in [1.54, 1.807) is 7.11 Å². The molecule has 1 rings (SSSR count). The first-order valence-corrected chi connectivity index (χ1v) is 6.43. The van der Waals surface area contributed by atoms with Crippen molar-refractivity contribution in [3.05, 3.63) is 35.4 Å². The van der Waals surface area contributed by atoms with Crippen LogP contribution in [-0.2, 0) is 14.2 Å². The number of hydrogen-bond acceptors (Lipinski definition) is 4. The summed E-state index contributed by atoms with van der Waals surface area (Å²) in [4.78, 5) is 0. The Morgan fingerprint density at radius 1 is 1.10 bits per heavy atom. The molecule has 114 valence electrons. The lowest BCUT2D eigenvalue weighted by Gasteiger charge is -2.13. The molecule has 0 aromatic heterocycles. The first-order chi connectivity index (χ1) is 9.66. The van der Waals surface area contributed by atoms with Crippen molar-refractivity contribution < 1.29 is 28.1 Å². The maximum atomic E-state index is 13.4. The van der Waals surface area contributed by atoms with Crippen molar-refractivity contribution in [2.24, 2.45) is 0 Å². The first-order valence-electron chi connectivity index (χ1n) is 6.43. The lowest BCUT2D eigenvalue weighted by molar-refractivity contribution is -0.000604. The molecule has 0 saturated carbocycles. The predicted molar refractivity (Wildman–Crippen MR) is 69.4 cm³/mol. The normalized spacial score (nSPS) is 12.6. The summed E-state index contributed by atoms with van der Waals surface area (Å²) in [5, 5.41) is 9.71. The number of methoxy groups -OCH3 is 1. The number of aliphatic hydroxyl groups excluding tert-OH is 1. The summed E-state index contributed by atoms with van der Waals surface area (Å²) in [6.45, 7) is 1.75. The van der Waals surface area contributed by atoms with Gasteiger partial charge >= 0.3 is 0 Å². The molecule has 0 saturated heterocycles. The summed E-state index contributed by atoms with van der Waals surface area (Å²) in [6.07, 6.45) is -0.396. The lowest BCUT2D eigenvalue weighted by Crippen LogP contribution is -2.13. The monoisotopic (exact) mass is 290 g/mol. The van der Waals surface area contributed by atoms with Gasteiger partial charge in [0.2, 0.25) is 0 Å². The molecule has 6 heteroatoms. The van der Waals surface area contributed by atoms with Crippen LogP contribution in [0.15, 0.2) is 18.2 Å². The van der Waals surface area contributed by atoms with Crippen LogP contribution in [0.4, 0.5) is 8.78 Å². The topological polar surface area (TPSA) is 47.9 Å². The maximum Gasteiger partial charge on any atom is 0.164 e. The second-order valence-electron chi connectivity index (χ2n) is 4.19. The second kappa shape index (κ2) is 9.77. The van der Waals surface area contributed by atoms with Crippen LogP contribution >= 0.6 is 0 Å². The Morgan fingerprint density at radius 2 is 1.85 bits per heavy atom. The van der Waals surface area contributed by atoms with E-state index in [9.17, 15) is 13.9 Å². The van der Waals surface area contributed by atoms with E-state index in [-0.39, 0.29) is 18.8 Å². The van der Waals surface area contributed by atoms with Crippen molar-refractivity contribution >= 4 is 0 Å². The second-order valence-corrected chi connectivity index (χ2v) is 4.19. The Bertz CT molecular complexity index is 387. The molecule has 1 unspecified atom stereocenters. The van der Waals surface area contributed by atoms with Gasteiger partial charge < -0.3 is 19.3 Å². The van der Waals surface area contributed by atoms with E-state index >= 15 is 0 Å². The zero-order valence-corrected chi connectivity index (χ0v) is 11.5. The van der Waals surface area contributed by atoms with E-state index in [2.05, 4.69) is 0 Å². The summed E-state index contributed by atoms with van der Waals surface area (Å²) < 4.78 is 41.6. The Balaban J connectivity index is 2.17. The molecule has 0 aliphatic heterocycles. The standard InChI is InChI=1S/C14H20F2O4/c1-18-6-3-7-19-8-9-20-10-13(17)11-4-2-5-12(15)14(11)16/h2,4-5,13,17H,3,6-10H2,1H3. The fourth-order valence-corrected chi connectivity index (χ4v) is 1.59. The Kier molecular flexibility index (Phi) is 8.29. The SMILES string of the molecule is COCCCOCCOCC(O)c1cccc(F)c1F. The van der Waals surface area contributed by atoms with Crippen LogP contribution < -0.4 is 0 Å². The van der Waals surface area contributed by atoms with Gasteiger partial charge in [0, 0.05) is 25.9 Å². The zero-order chi connectivity index (χ0) is 14.8. The van der Waals surface area contributed by atoms with Crippen LogP contribution in [0.3, 0.4) is 0 Å². The third-order valence-electron chi connectivity index (χ3n) is 2.63. The van der Waals surface area contributed by atoms with Gasteiger partial charge in [-0.05, 0) is 12.5 Å². The molecule has 0 bridgehead atoms. The molecule has 0 heterocycles. The van der Waals surface area contributed by atoms with Crippen LogP contribution in [-0.4, -0.2) is 45.3 Å². The van der Waals surface area contributed by atoms with Crippen molar-refractivity contribution in [3.63, 3.8) is 0 Å². The molecular formula is C14H20F2O4. The molecule has 0 amide bonds. The fraction of sp³-hybridized carbons (Fsp3) is 0.571. The molecule has 0 radical (unpaired) electrons. The summed E-state index contributed by atoms with van der Waals surface area (Å²) >= 11 is 0. The predicted octanol–water partition coefficient (Wildman–Crippen LogP) is 2.07. The van der Waals surface area contributed by atoms with Crippen molar-refractivity contribution in [1.82, 2.24) is 0 Å². The van der Waals surface area contributed by atoms with E-state index in [1.807, 2.05) is 0 Å². The van der Waals surface area contributed by atoms with E-state index in [0.717, 1.165) is 12.5 Å². The Morgan fingerprint density at radius 3 is 2.60 bits per heavy atom. The minimum atomic E-state index is -1.20. The van der Waals surface area contributed by atoms with E-state index in [1.165, 1.54) is 12.1 Å². The van der Waals surface area contributed by atoms with Gasteiger partial charge in [-0.15, -0.1) is 0 Å². The van der Waals surface area contributed by atoms with Crippen molar-refractivity contribution in [3.8, 4) is 0 Å². The Labute approximate surface area is 117 Å². The fourth-order valence-electron chi connectivity index (χ4n) is 1.59. The Hall–Kier alpha value is -1.08. The molecule has 0 aliphatic carbocycles. The van der Waals surface area contributed by atoms with Gasteiger partial charge in [0.25, 0.3) is 0 Å². The van der Waals surface area contributed by atoms with Crippen molar-refractivity contribution in [2.45, 2.75) is 12.5 Å². The third-order valence-corrected chi connectivity index (χ3v) is 2.63. The van der Waals surface area contributed by atoms with E-state index in [4.69, 9.17) is 14.2 Å². The number of aliphatic hydroxyl groups is 1. The highest BCUT2D eigenvalue weighted by molar-refractivity contribution is 5.21. The van der Waals surface area contributed by atoms with Crippen molar-refractivity contribution in [2.75, 3.05) is 40.1 Å². The summed E-state index contributed by atoms with van der Waals surface area (Å²) in [5.74, 6) is -2.03. The van der Waals surface area contributed by atoms with Crippen LogP contribution in [0.2, 0.25) is 0 Å². The maximum absolute atomic E-state index is 13.4. The lowest BCUT2D eigenvalue weighted by atomic mass is 10.1. The number of ether oxygens (including phenoxy) is 3. The molecule has 0 fully saturated rings. The minimum absolute atomic E-state index is 0.106. The quantitative estimate of drug-likeness (QED) is 0.670. The van der Waals surface area contributed by atoms with Gasteiger partial charge in [0.1, 0.15) is 6.10 Å². The average molecular weight is 290 g/mol. The summed E-state index contributed by atoms with van der Waals surface area (Å²) in [5.41, 5.74) is -0.106. The number of halogens is 2. The van der Waals surface area contributed by atoms with Crippen LogP contribution in [0.1, 0.15) is 18.1 Å². The van der Waals surface area contributed by atoms with Gasteiger partial charge in [-0.1, -0.05) is 12.1 Å². The summed E-state index contributed by atoms with van der Waals surface area (Å²) in [6, 6.07) is 3.67. The number of rotatable bonds is 10. The number of benzene rings is 1. The molecule has 1 aromatic rings. The van der Waals surface area contributed by atoms with Gasteiger partial charge in [-0.3, -0.25) is 0 Å². The molecule has 1 aromatic carbocycles. The molecular weight excluding hydrogens is 270 g/mol. The van der Waals surface area contributed by atoms with Crippen LogP contribution in [0.5, 0.6) is 0 Å². The van der Waals surface area contributed by atoms with Crippen LogP contribution in [0, 0.1) is 11.6 Å². The molecule has 0 aliphatic rings. The van der Waals surface area contributed by atoms with Gasteiger partial charge in [-0.25, -0.2) is 8.78 Å². The van der Waals surface area contributed by atoms with E-state index < -0.39 is 17.7 Å². The van der Waals surface area contributed by atoms with Crippen LogP contribution in [0.25, 0.3) is 0 Å². The first kappa shape index (κ1) is 17.0. The van der Waals surface area contributed by atoms with E-state index in [0.29, 0.717) is 19.8 Å². The zero-order valence-electron chi connectivity index (χ0n) is 11.5. The smallest absolute Gasteiger partial charge is 0.164 e. The molecule has 4 nitrogen and oxygen atoms in total. The molecule has 1 N–H and O–H groups in total. The molecule has 0 spiro atoms. The highest BCUT2D eigenvalue weighted by Gasteiger charge is 2.15. The van der Waals surface area contributed by atoms with Gasteiger partial charge in [0.15, 0.2) is 11.6 Å². The summed E-state index contributed by atoms with van der Waals surface area (Å²) in [7, 11) is 1.62. The van der Waals surface area contributed by atoms with Crippen molar-refractivity contribution in [1.29, 1.82) is 0 Å². The highest BCUT2D eigenvalue weighted by Crippen LogP contribution is 2.19. The molecule has 1 atom stereocenters. The number of hydrogen-bond donors (Lipinski definition) is 1. The highest BCUT2D eigenvalue weighted by atomic mass is 19.2. The molecule has 20 heavy (non-hydrogen) atoms. The van der Waals surface area contributed by atoms with Gasteiger partial charge in [-0.2, -0.15) is 0 Å². The average Bonchev–Trinajstić information content (AvgIpc) is 2.44. The third kappa shape index (κ3) is 5.92. The minimum Gasteiger partial charge on any atom is -0.386 e. The largest absolute Gasteiger partial charge is 0.386 e. The van der Waals surface area contributed by atoms with Gasteiger partial charge in [0.05, 0.1) is 19.8 Å².